The van der Waals surface area contributed by atoms with Gasteiger partial charge in [-0.2, -0.15) is 0 Å². The van der Waals surface area contributed by atoms with Crippen LogP contribution in [0.25, 0.3) is 11.1 Å². The SMILES string of the molecule is Cc1ccccc1-c1cnoc1N. The summed E-state index contributed by atoms with van der Waals surface area (Å²) in [5.74, 6) is 0.370. The Balaban J connectivity index is 2.59. The molecule has 0 saturated carbocycles. The molecule has 0 aliphatic heterocycles. The van der Waals surface area contributed by atoms with Gasteiger partial charge in [-0.05, 0) is 18.1 Å². The molecule has 1 aromatic carbocycles. The number of anilines is 1. The van der Waals surface area contributed by atoms with Gasteiger partial charge < -0.3 is 10.3 Å². The molecule has 3 heteroatoms. The topological polar surface area (TPSA) is 52.0 Å². The fourth-order valence-corrected chi connectivity index (χ4v) is 1.33. The van der Waals surface area contributed by atoms with Crippen LogP contribution in [0.15, 0.2) is 35.0 Å². The summed E-state index contributed by atoms with van der Waals surface area (Å²) in [6.07, 6.45) is 1.64. The Kier molecular flexibility index (Phi) is 1.77. The zero-order chi connectivity index (χ0) is 9.26. The van der Waals surface area contributed by atoms with Crippen molar-refractivity contribution in [1.82, 2.24) is 5.16 Å². The predicted molar refractivity (Wildman–Crippen MR) is 51.1 cm³/mol. The lowest BCUT2D eigenvalue weighted by molar-refractivity contribution is 0.436. The van der Waals surface area contributed by atoms with Crippen molar-refractivity contribution in [3.63, 3.8) is 0 Å². The Morgan fingerprint density at radius 2 is 2.00 bits per heavy atom. The molecule has 13 heavy (non-hydrogen) atoms. The van der Waals surface area contributed by atoms with E-state index in [9.17, 15) is 0 Å². The van der Waals surface area contributed by atoms with E-state index < -0.39 is 0 Å². The lowest BCUT2D eigenvalue weighted by Gasteiger charge is -2.01. The first kappa shape index (κ1) is 7.86. The number of aryl methyl sites for hydroxylation is 1. The first-order valence-corrected chi connectivity index (χ1v) is 4.05. The Morgan fingerprint density at radius 1 is 1.23 bits per heavy atom. The van der Waals surface area contributed by atoms with Gasteiger partial charge in [-0.3, -0.25) is 0 Å². The molecule has 66 valence electrons. The average Bonchev–Trinajstić information content (AvgIpc) is 2.52. The van der Waals surface area contributed by atoms with E-state index in [1.807, 2.05) is 31.2 Å². The number of nitrogens with two attached hydrogens (primary N) is 1. The van der Waals surface area contributed by atoms with Gasteiger partial charge in [0.15, 0.2) is 0 Å². The smallest absolute Gasteiger partial charge is 0.229 e. The molecule has 3 nitrogen and oxygen atoms in total. The van der Waals surface area contributed by atoms with Crippen molar-refractivity contribution in [1.29, 1.82) is 0 Å². The zero-order valence-corrected chi connectivity index (χ0v) is 7.32. The summed E-state index contributed by atoms with van der Waals surface area (Å²) >= 11 is 0. The maximum Gasteiger partial charge on any atom is 0.229 e. The molecule has 0 aliphatic rings. The minimum atomic E-state index is 0.370. The molecule has 0 amide bonds. The van der Waals surface area contributed by atoms with E-state index in [1.165, 1.54) is 0 Å². The fraction of sp³-hybridized carbons (Fsp3) is 0.100. The van der Waals surface area contributed by atoms with Crippen LogP contribution in [0.5, 0.6) is 0 Å². The number of aromatic nitrogens is 1. The minimum absolute atomic E-state index is 0.370. The second kappa shape index (κ2) is 2.94. The molecule has 0 bridgehead atoms. The summed E-state index contributed by atoms with van der Waals surface area (Å²) in [7, 11) is 0. The molecule has 1 heterocycles. The quantitative estimate of drug-likeness (QED) is 0.721. The van der Waals surface area contributed by atoms with Gasteiger partial charge in [-0.15, -0.1) is 0 Å². The van der Waals surface area contributed by atoms with Crippen LogP contribution in [0.4, 0.5) is 5.88 Å². The van der Waals surface area contributed by atoms with Crippen LogP contribution in [-0.4, -0.2) is 5.16 Å². The molecule has 2 N–H and O–H groups in total. The summed E-state index contributed by atoms with van der Waals surface area (Å²) in [6.45, 7) is 2.03. The lowest BCUT2D eigenvalue weighted by Crippen LogP contribution is -1.86. The van der Waals surface area contributed by atoms with Crippen molar-refractivity contribution < 1.29 is 4.52 Å². The summed E-state index contributed by atoms with van der Waals surface area (Å²) in [5.41, 5.74) is 8.71. The molecule has 0 atom stereocenters. The summed E-state index contributed by atoms with van der Waals surface area (Å²) in [6, 6.07) is 7.98. The molecule has 0 aliphatic carbocycles. The summed E-state index contributed by atoms with van der Waals surface area (Å²) in [5, 5.41) is 3.64. The van der Waals surface area contributed by atoms with Gasteiger partial charge in [0, 0.05) is 0 Å². The molecule has 1 aromatic heterocycles. The monoisotopic (exact) mass is 174 g/mol. The van der Waals surface area contributed by atoms with Crippen LogP contribution >= 0.6 is 0 Å². The van der Waals surface area contributed by atoms with Gasteiger partial charge in [0.2, 0.25) is 5.88 Å². The molecule has 0 unspecified atom stereocenters. The van der Waals surface area contributed by atoms with E-state index in [-0.39, 0.29) is 0 Å². The zero-order valence-electron chi connectivity index (χ0n) is 7.32. The molecule has 0 fully saturated rings. The van der Waals surface area contributed by atoms with Crippen LogP contribution in [0.1, 0.15) is 5.56 Å². The highest BCUT2D eigenvalue weighted by atomic mass is 16.5. The molecule has 2 rings (SSSR count). The van der Waals surface area contributed by atoms with Gasteiger partial charge in [0.05, 0.1) is 11.8 Å². The minimum Gasteiger partial charge on any atom is -0.367 e. The van der Waals surface area contributed by atoms with E-state index >= 15 is 0 Å². The Bertz CT molecular complexity index is 420. The normalized spacial score (nSPS) is 10.2. The molecule has 0 spiro atoms. The number of benzene rings is 1. The van der Waals surface area contributed by atoms with Crippen LogP contribution in [0, 0.1) is 6.92 Å². The van der Waals surface area contributed by atoms with Gasteiger partial charge in [-0.25, -0.2) is 0 Å². The van der Waals surface area contributed by atoms with Crippen molar-refractivity contribution in [2.75, 3.05) is 5.73 Å². The Morgan fingerprint density at radius 3 is 2.62 bits per heavy atom. The number of nitrogens with zero attached hydrogens (tertiary/aromatic N) is 1. The highest BCUT2D eigenvalue weighted by Crippen LogP contribution is 2.27. The largest absolute Gasteiger partial charge is 0.367 e. The van der Waals surface area contributed by atoms with Crippen LogP contribution in [-0.2, 0) is 0 Å². The number of nitrogen functional groups attached to an aromatic ring is 1. The highest BCUT2D eigenvalue weighted by molar-refractivity contribution is 5.74. The van der Waals surface area contributed by atoms with E-state index in [2.05, 4.69) is 5.16 Å². The summed E-state index contributed by atoms with van der Waals surface area (Å²) in [4.78, 5) is 0. The van der Waals surface area contributed by atoms with E-state index in [1.54, 1.807) is 6.20 Å². The number of rotatable bonds is 1. The van der Waals surface area contributed by atoms with Crippen LogP contribution in [0.3, 0.4) is 0 Å². The first-order chi connectivity index (χ1) is 6.29. The third-order valence-electron chi connectivity index (χ3n) is 2.03. The second-order valence-electron chi connectivity index (χ2n) is 2.92. The van der Waals surface area contributed by atoms with E-state index in [0.29, 0.717) is 5.88 Å². The third kappa shape index (κ3) is 1.28. The molecular formula is C10H10N2O. The number of hydrogen-bond donors (Lipinski definition) is 1. The second-order valence-corrected chi connectivity index (χ2v) is 2.92. The lowest BCUT2D eigenvalue weighted by atomic mass is 10.0. The third-order valence-corrected chi connectivity index (χ3v) is 2.03. The fourth-order valence-electron chi connectivity index (χ4n) is 1.33. The van der Waals surface area contributed by atoms with Crippen molar-refractivity contribution in [3.8, 4) is 11.1 Å². The van der Waals surface area contributed by atoms with Crippen LogP contribution < -0.4 is 5.73 Å². The standard InChI is InChI=1S/C10H10N2O/c1-7-4-2-3-5-8(7)9-6-12-13-10(9)11/h2-6H,11H2,1H3. The Hall–Kier alpha value is -1.77. The van der Waals surface area contributed by atoms with E-state index in [4.69, 9.17) is 10.3 Å². The van der Waals surface area contributed by atoms with Crippen molar-refractivity contribution >= 4 is 5.88 Å². The van der Waals surface area contributed by atoms with E-state index in [0.717, 1.165) is 16.7 Å². The van der Waals surface area contributed by atoms with Gasteiger partial charge in [0.1, 0.15) is 0 Å². The Labute approximate surface area is 76.2 Å². The summed E-state index contributed by atoms with van der Waals surface area (Å²) < 4.78 is 4.80. The van der Waals surface area contributed by atoms with Crippen molar-refractivity contribution in [3.05, 3.63) is 36.0 Å². The van der Waals surface area contributed by atoms with Crippen LogP contribution in [0.2, 0.25) is 0 Å². The first-order valence-electron chi connectivity index (χ1n) is 4.05. The maximum atomic E-state index is 5.61. The molecule has 2 aromatic rings. The molecule has 0 radical (unpaired) electrons. The predicted octanol–water partition coefficient (Wildman–Crippen LogP) is 2.23. The van der Waals surface area contributed by atoms with Crippen molar-refractivity contribution in [2.45, 2.75) is 6.92 Å². The van der Waals surface area contributed by atoms with Gasteiger partial charge >= 0.3 is 0 Å². The average molecular weight is 174 g/mol. The maximum absolute atomic E-state index is 5.61. The van der Waals surface area contributed by atoms with Gasteiger partial charge in [-0.1, -0.05) is 29.4 Å². The van der Waals surface area contributed by atoms with Crippen molar-refractivity contribution in [2.24, 2.45) is 0 Å². The number of hydrogen-bond acceptors (Lipinski definition) is 3. The van der Waals surface area contributed by atoms with Gasteiger partial charge in [0.25, 0.3) is 0 Å². The molecular weight excluding hydrogens is 164 g/mol. The highest BCUT2D eigenvalue weighted by Gasteiger charge is 2.07. The molecule has 0 saturated heterocycles.